The average molecular weight is 340 g/mol. The smallest absolute Gasteiger partial charge is 0.317 e. The van der Waals surface area contributed by atoms with E-state index in [2.05, 4.69) is 5.32 Å². The molecule has 2 amide bonds. The van der Waals surface area contributed by atoms with Crippen LogP contribution in [0, 0.1) is 0 Å². The van der Waals surface area contributed by atoms with Crippen LogP contribution in [0.2, 0.25) is 0 Å². The standard InChI is InChI=1S/C20H24N2O3/c1-24-18-9-7-16(8-10-18)11-12-21-20(23)22-13-14-25-19(15-22)17-5-3-2-4-6-17/h2-10,19H,11-15H2,1H3,(H,21,23). The second-order valence-corrected chi connectivity index (χ2v) is 6.05. The van der Waals surface area contributed by atoms with Crippen molar-refractivity contribution in [2.75, 3.05) is 33.4 Å². The maximum absolute atomic E-state index is 12.4. The number of morpholine rings is 1. The molecule has 1 fully saturated rings. The molecule has 5 heteroatoms. The number of hydrogen-bond donors (Lipinski definition) is 1. The Hall–Kier alpha value is -2.53. The maximum Gasteiger partial charge on any atom is 0.317 e. The zero-order valence-electron chi connectivity index (χ0n) is 14.5. The molecule has 1 unspecified atom stereocenters. The minimum Gasteiger partial charge on any atom is -0.497 e. The lowest BCUT2D eigenvalue weighted by Crippen LogP contribution is -2.47. The molecule has 0 aromatic heterocycles. The SMILES string of the molecule is COc1ccc(CCNC(=O)N2CCOC(c3ccccc3)C2)cc1. The predicted octanol–water partition coefficient (Wildman–Crippen LogP) is 3.02. The van der Waals surface area contributed by atoms with Crippen LogP contribution in [0.5, 0.6) is 5.75 Å². The van der Waals surface area contributed by atoms with Gasteiger partial charge >= 0.3 is 6.03 Å². The van der Waals surface area contributed by atoms with E-state index >= 15 is 0 Å². The Morgan fingerprint density at radius 2 is 1.96 bits per heavy atom. The van der Waals surface area contributed by atoms with E-state index in [1.807, 2.05) is 59.5 Å². The van der Waals surface area contributed by atoms with E-state index in [-0.39, 0.29) is 12.1 Å². The molecule has 0 radical (unpaired) electrons. The van der Waals surface area contributed by atoms with Crippen LogP contribution in [0.15, 0.2) is 54.6 Å². The number of nitrogens with zero attached hydrogens (tertiary/aromatic N) is 1. The van der Waals surface area contributed by atoms with Gasteiger partial charge in [-0.05, 0) is 29.7 Å². The number of methoxy groups -OCH3 is 1. The van der Waals surface area contributed by atoms with E-state index in [0.717, 1.165) is 17.7 Å². The summed E-state index contributed by atoms with van der Waals surface area (Å²) in [6.45, 7) is 2.38. The normalized spacial score (nSPS) is 17.2. The van der Waals surface area contributed by atoms with E-state index in [1.165, 1.54) is 5.56 Å². The Bertz CT molecular complexity index is 673. The summed E-state index contributed by atoms with van der Waals surface area (Å²) in [7, 11) is 1.65. The molecule has 1 aliphatic rings. The van der Waals surface area contributed by atoms with Gasteiger partial charge in [0.05, 0.1) is 20.3 Å². The van der Waals surface area contributed by atoms with E-state index in [9.17, 15) is 4.79 Å². The Kier molecular flexibility index (Phi) is 5.90. The van der Waals surface area contributed by atoms with Crippen LogP contribution in [0.4, 0.5) is 4.79 Å². The van der Waals surface area contributed by atoms with Gasteiger partial charge in [-0.2, -0.15) is 0 Å². The number of hydrogen-bond acceptors (Lipinski definition) is 3. The Balaban J connectivity index is 1.47. The molecule has 2 aromatic rings. The van der Waals surface area contributed by atoms with Crippen molar-refractivity contribution in [1.29, 1.82) is 0 Å². The fourth-order valence-electron chi connectivity index (χ4n) is 2.92. The zero-order valence-corrected chi connectivity index (χ0v) is 14.5. The van der Waals surface area contributed by atoms with Crippen molar-refractivity contribution in [1.82, 2.24) is 10.2 Å². The minimum atomic E-state index is -0.0534. The average Bonchev–Trinajstić information content (AvgIpc) is 2.69. The third kappa shape index (κ3) is 4.73. The van der Waals surface area contributed by atoms with Gasteiger partial charge in [0, 0.05) is 13.1 Å². The van der Waals surface area contributed by atoms with E-state index in [1.54, 1.807) is 7.11 Å². The highest BCUT2D eigenvalue weighted by Gasteiger charge is 2.24. The molecule has 0 saturated carbocycles. The van der Waals surface area contributed by atoms with E-state index in [0.29, 0.717) is 26.2 Å². The summed E-state index contributed by atoms with van der Waals surface area (Å²) < 4.78 is 11.0. The quantitative estimate of drug-likeness (QED) is 0.910. The van der Waals surface area contributed by atoms with Crippen molar-refractivity contribution in [3.8, 4) is 5.75 Å². The lowest BCUT2D eigenvalue weighted by molar-refractivity contribution is -0.0153. The van der Waals surface area contributed by atoms with Gasteiger partial charge in [0.1, 0.15) is 11.9 Å². The van der Waals surface area contributed by atoms with Crippen LogP contribution in [-0.4, -0.2) is 44.3 Å². The number of urea groups is 1. The molecule has 2 aromatic carbocycles. The van der Waals surface area contributed by atoms with Crippen LogP contribution in [0.25, 0.3) is 0 Å². The Morgan fingerprint density at radius 3 is 2.68 bits per heavy atom. The topological polar surface area (TPSA) is 50.8 Å². The second-order valence-electron chi connectivity index (χ2n) is 6.05. The molecular weight excluding hydrogens is 316 g/mol. The van der Waals surface area contributed by atoms with Gasteiger partial charge in [0.2, 0.25) is 0 Å². The van der Waals surface area contributed by atoms with Crippen molar-refractivity contribution >= 4 is 6.03 Å². The van der Waals surface area contributed by atoms with Gasteiger partial charge in [0.15, 0.2) is 0 Å². The largest absolute Gasteiger partial charge is 0.497 e. The van der Waals surface area contributed by atoms with Crippen molar-refractivity contribution in [3.63, 3.8) is 0 Å². The molecule has 1 saturated heterocycles. The van der Waals surface area contributed by atoms with Crippen molar-refractivity contribution < 1.29 is 14.3 Å². The zero-order chi connectivity index (χ0) is 17.5. The first-order chi connectivity index (χ1) is 12.3. The van der Waals surface area contributed by atoms with Gasteiger partial charge < -0.3 is 19.7 Å². The van der Waals surface area contributed by atoms with Crippen LogP contribution in [0.3, 0.4) is 0 Å². The molecule has 1 heterocycles. The van der Waals surface area contributed by atoms with Gasteiger partial charge in [-0.1, -0.05) is 42.5 Å². The van der Waals surface area contributed by atoms with Gasteiger partial charge in [0.25, 0.3) is 0 Å². The number of carbonyl (C=O) groups excluding carboxylic acids is 1. The van der Waals surface area contributed by atoms with Crippen molar-refractivity contribution in [2.24, 2.45) is 0 Å². The Morgan fingerprint density at radius 1 is 1.20 bits per heavy atom. The van der Waals surface area contributed by atoms with Gasteiger partial charge in [-0.3, -0.25) is 0 Å². The van der Waals surface area contributed by atoms with Crippen LogP contribution >= 0.6 is 0 Å². The highest BCUT2D eigenvalue weighted by Crippen LogP contribution is 2.21. The van der Waals surface area contributed by atoms with E-state index in [4.69, 9.17) is 9.47 Å². The summed E-state index contributed by atoms with van der Waals surface area (Å²) in [5, 5.41) is 3.00. The summed E-state index contributed by atoms with van der Waals surface area (Å²) >= 11 is 0. The van der Waals surface area contributed by atoms with Gasteiger partial charge in [-0.15, -0.1) is 0 Å². The first kappa shape index (κ1) is 17.3. The molecule has 5 nitrogen and oxygen atoms in total. The maximum atomic E-state index is 12.4. The van der Waals surface area contributed by atoms with Crippen LogP contribution in [-0.2, 0) is 11.2 Å². The molecule has 1 aliphatic heterocycles. The lowest BCUT2D eigenvalue weighted by Gasteiger charge is -2.33. The highest BCUT2D eigenvalue weighted by atomic mass is 16.5. The monoisotopic (exact) mass is 340 g/mol. The molecule has 132 valence electrons. The molecule has 0 spiro atoms. The summed E-state index contributed by atoms with van der Waals surface area (Å²) in [4.78, 5) is 14.2. The molecule has 0 aliphatic carbocycles. The number of carbonyl (C=O) groups is 1. The molecular formula is C20H24N2O3. The summed E-state index contributed by atoms with van der Waals surface area (Å²) in [5.41, 5.74) is 2.28. The fourth-order valence-corrected chi connectivity index (χ4v) is 2.92. The summed E-state index contributed by atoms with van der Waals surface area (Å²) in [6.07, 6.45) is 0.740. The molecule has 1 N–H and O–H groups in total. The molecule has 0 bridgehead atoms. The first-order valence-corrected chi connectivity index (χ1v) is 8.58. The Labute approximate surface area is 148 Å². The number of rotatable bonds is 5. The number of nitrogens with one attached hydrogen (secondary N) is 1. The number of benzene rings is 2. The molecule has 1 atom stereocenters. The van der Waals surface area contributed by atoms with Gasteiger partial charge in [-0.25, -0.2) is 4.79 Å². The minimum absolute atomic E-state index is 0.0299. The summed E-state index contributed by atoms with van der Waals surface area (Å²) in [6, 6.07) is 17.9. The molecule has 3 rings (SSSR count). The first-order valence-electron chi connectivity index (χ1n) is 8.58. The van der Waals surface area contributed by atoms with Crippen LogP contribution in [0.1, 0.15) is 17.2 Å². The van der Waals surface area contributed by atoms with Crippen LogP contribution < -0.4 is 10.1 Å². The van der Waals surface area contributed by atoms with E-state index < -0.39 is 0 Å². The predicted molar refractivity (Wildman–Crippen MR) is 96.8 cm³/mol. The highest BCUT2D eigenvalue weighted by molar-refractivity contribution is 5.74. The number of ether oxygens (including phenoxy) is 2. The summed E-state index contributed by atoms with van der Waals surface area (Å²) in [5.74, 6) is 0.841. The fraction of sp³-hybridized carbons (Fsp3) is 0.350. The third-order valence-corrected chi connectivity index (χ3v) is 4.37. The van der Waals surface area contributed by atoms with Crippen molar-refractivity contribution in [3.05, 3.63) is 65.7 Å². The number of amides is 2. The lowest BCUT2D eigenvalue weighted by atomic mass is 10.1. The third-order valence-electron chi connectivity index (χ3n) is 4.37. The second kappa shape index (κ2) is 8.53. The molecule has 25 heavy (non-hydrogen) atoms. The van der Waals surface area contributed by atoms with Crippen molar-refractivity contribution in [2.45, 2.75) is 12.5 Å².